The number of rotatable bonds is 5. The number of carbonyl (C=O) groups is 1. The number of hydrogen-bond acceptors (Lipinski definition) is 4. The van der Waals surface area contributed by atoms with E-state index in [1.54, 1.807) is 12.4 Å². The molecule has 3 rings (SSSR count). The van der Waals surface area contributed by atoms with Crippen molar-refractivity contribution >= 4 is 28.9 Å². The van der Waals surface area contributed by atoms with Crippen LogP contribution in [-0.2, 0) is 11.3 Å². The van der Waals surface area contributed by atoms with E-state index in [-0.39, 0.29) is 11.8 Å². The fraction of sp³-hybridized carbons (Fsp3) is 0.333. The lowest BCUT2D eigenvalue weighted by Gasteiger charge is -2.34. The van der Waals surface area contributed by atoms with Gasteiger partial charge in [-0.3, -0.25) is 9.78 Å². The first-order valence-corrected chi connectivity index (χ1v) is 8.48. The zero-order chi connectivity index (χ0) is 16.9. The standard InChI is InChI=1S/C18H21ClN4O/c19-15-11-21-8-7-16(15)22-10-13-4-1-2-6-17(13)23-9-3-5-14(12-23)18(20)24/h1-2,4,6-8,11,14H,3,5,9-10,12H2,(H2,20,24)(H,21,22). The number of para-hydroxylation sites is 1. The summed E-state index contributed by atoms with van der Waals surface area (Å²) in [4.78, 5) is 17.8. The lowest BCUT2D eigenvalue weighted by atomic mass is 9.96. The zero-order valence-corrected chi connectivity index (χ0v) is 14.2. The number of benzene rings is 1. The largest absolute Gasteiger partial charge is 0.380 e. The summed E-state index contributed by atoms with van der Waals surface area (Å²) in [6, 6.07) is 10.1. The number of nitrogens with two attached hydrogens (primary N) is 1. The van der Waals surface area contributed by atoms with E-state index in [4.69, 9.17) is 17.3 Å². The molecule has 0 radical (unpaired) electrons. The first-order chi connectivity index (χ1) is 11.6. The number of halogens is 1. The Morgan fingerprint density at radius 3 is 3.00 bits per heavy atom. The van der Waals surface area contributed by atoms with Crippen molar-refractivity contribution in [2.75, 3.05) is 23.3 Å². The number of nitrogens with one attached hydrogen (secondary N) is 1. The minimum Gasteiger partial charge on any atom is -0.380 e. The Morgan fingerprint density at radius 2 is 2.21 bits per heavy atom. The molecule has 126 valence electrons. The molecule has 0 saturated carbocycles. The van der Waals surface area contributed by atoms with E-state index in [1.807, 2.05) is 18.2 Å². The van der Waals surface area contributed by atoms with Crippen LogP contribution in [0.15, 0.2) is 42.7 Å². The van der Waals surface area contributed by atoms with Gasteiger partial charge in [-0.2, -0.15) is 0 Å². The molecule has 2 heterocycles. The van der Waals surface area contributed by atoms with Crippen molar-refractivity contribution in [2.45, 2.75) is 19.4 Å². The van der Waals surface area contributed by atoms with Crippen LogP contribution >= 0.6 is 11.6 Å². The van der Waals surface area contributed by atoms with Gasteiger partial charge in [0.1, 0.15) is 0 Å². The van der Waals surface area contributed by atoms with E-state index in [0.717, 1.165) is 36.3 Å². The highest BCUT2D eigenvalue weighted by Crippen LogP contribution is 2.28. The summed E-state index contributed by atoms with van der Waals surface area (Å²) in [5.74, 6) is -0.284. The van der Waals surface area contributed by atoms with E-state index in [9.17, 15) is 4.79 Å². The Balaban J connectivity index is 1.75. The molecule has 1 saturated heterocycles. The van der Waals surface area contributed by atoms with Gasteiger partial charge in [-0.1, -0.05) is 29.8 Å². The fourth-order valence-electron chi connectivity index (χ4n) is 3.11. The molecule has 5 nitrogen and oxygen atoms in total. The molecule has 0 bridgehead atoms. The van der Waals surface area contributed by atoms with Crippen LogP contribution in [0.5, 0.6) is 0 Å². The van der Waals surface area contributed by atoms with Gasteiger partial charge in [0.15, 0.2) is 0 Å². The Bertz CT molecular complexity index is 722. The Hall–Kier alpha value is -2.27. The van der Waals surface area contributed by atoms with Crippen molar-refractivity contribution < 1.29 is 4.79 Å². The van der Waals surface area contributed by atoms with Gasteiger partial charge >= 0.3 is 0 Å². The SMILES string of the molecule is NC(=O)C1CCCN(c2ccccc2CNc2ccncc2Cl)C1. The minimum absolute atomic E-state index is 0.0746. The molecule has 1 atom stereocenters. The molecule has 1 fully saturated rings. The second-order valence-corrected chi connectivity index (χ2v) is 6.43. The lowest BCUT2D eigenvalue weighted by molar-refractivity contribution is -0.122. The summed E-state index contributed by atoms with van der Waals surface area (Å²) in [6.45, 7) is 2.27. The summed E-state index contributed by atoms with van der Waals surface area (Å²) >= 11 is 6.15. The fourth-order valence-corrected chi connectivity index (χ4v) is 3.29. The van der Waals surface area contributed by atoms with Crippen molar-refractivity contribution in [3.8, 4) is 0 Å². The third-order valence-corrected chi connectivity index (χ3v) is 4.70. The van der Waals surface area contributed by atoms with Gasteiger partial charge in [0.05, 0.1) is 16.6 Å². The number of carbonyl (C=O) groups excluding carboxylic acids is 1. The molecule has 0 spiro atoms. The van der Waals surface area contributed by atoms with Crippen molar-refractivity contribution in [1.29, 1.82) is 0 Å². The highest BCUT2D eigenvalue weighted by molar-refractivity contribution is 6.33. The van der Waals surface area contributed by atoms with Crippen LogP contribution in [0.2, 0.25) is 5.02 Å². The normalized spacial score (nSPS) is 17.5. The van der Waals surface area contributed by atoms with E-state index >= 15 is 0 Å². The van der Waals surface area contributed by atoms with E-state index in [1.165, 1.54) is 0 Å². The van der Waals surface area contributed by atoms with Crippen LogP contribution in [0.25, 0.3) is 0 Å². The average Bonchev–Trinajstić information content (AvgIpc) is 2.61. The highest BCUT2D eigenvalue weighted by Gasteiger charge is 2.25. The van der Waals surface area contributed by atoms with Crippen LogP contribution in [-0.4, -0.2) is 24.0 Å². The van der Waals surface area contributed by atoms with E-state index < -0.39 is 0 Å². The van der Waals surface area contributed by atoms with E-state index in [0.29, 0.717) is 18.1 Å². The quantitative estimate of drug-likeness (QED) is 0.874. The van der Waals surface area contributed by atoms with Crippen LogP contribution in [0.1, 0.15) is 18.4 Å². The molecular weight excluding hydrogens is 324 g/mol. The molecular formula is C18H21ClN4O. The molecule has 6 heteroatoms. The number of anilines is 2. The summed E-state index contributed by atoms with van der Waals surface area (Å²) in [7, 11) is 0. The number of hydrogen-bond donors (Lipinski definition) is 2. The van der Waals surface area contributed by atoms with Gasteiger partial charge in [-0.05, 0) is 30.5 Å². The molecule has 1 aliphatic rings. The number of aromatic nitrogens is 1. The molecule has 24 heavy (non-hydrogen) atoms. The molecule has 0 aliphatic carbocycles. The van der Waals surface area contributed by atoms with E-state index in [2.05, 4.69) is 27.3 Å². The Kier molecular flexibility index (Phi) is 5.20. The molecule has 1 aliphatic heterocycles. The van der Waals surface area contributed by atoms with Crippen molar-refractivity contribution in [3.63, 3.8) is 0 Å². The molecule has 1 aromatic carbocycles. The molecule has 1 unspecified atom stereocenters. The monoisotopic (exact) mass is 344 g/mol. The summed E-state index contributed by atoms with van der Waals surface area (Å²) in [5.41, 5.74) is 8.66. The second-order valence-electron chi connectivity index (χ2n) is 6.03. The first kappa shape index (κ1) is 16.6. The smallest absolute Gasteiger partial charge is 0.222 e. The maximum Gasteiger partial charge on any atom is 0.222 e. The van der Waals surface area contributed by atoms with Crippen LogP contribution in [0, 0.1) is 5.92 Å². The van der Waals surface area contributed by atoms with Crippen molar-refractivity contribution in [1.82, 2.24) is 4.98 Å². The number of pyridine rings is 1. The van der Waals surface area contributed by atoms with Gasteiger partial charge in [0.25, 0.3) is 0 Å². The number of piperidine rings is 1. The minimum atomic E-state index is -0.209. The van der Waals surface area contributed by atoms with Gasteiger partial charge in [-0.25, -0.2) is 0 Å². The summed E-state index contributed by atoms with van der Waals surface area (Å²) in [6.07, 6.45) is 5.19. The molecule has 3 N–H and O–H groups in total. The zero-order valence-electron chi connectivity index (χ0n) is 13.4. The third-order valence-electron chi connectivity index (χ3n) is 4.40. The Labute approximate surface area is 146 Å². The number of nitrogens with zero attached hydrogens (tertiary/aromatic N) is 2. The lowest BCUT2D eigenvalue weighted by Crippen LogP contribution is -2.41. The summed E-state index contributed by atoms with van der Waals surface area (Å²) in [5, 5.41) is 3.95. The van der Waals surface area contributed by atoms with Crippen molar-refractivity contribution in [2.24, 2.45) is 11.7 Å². The highest BCUT2D eigenvalue weighted by atomic mass is 35.5. The van der Waals surface area contributed by atoms with Crippen LogP contribution in [0.3, 0.4) is 0 Å². The predicted molar refractivity (Wildman–Crippen MR) is 97.1 cm³/mol. The topological polar surface area (TPSA) is 71.2 Å². The average molecular weight is 345 g/mol. The number of amides is 1. The molecule has 1 aromatic heterocycles. The van der Waals surface area contributed by atoms with Gasteiger partial charge in [-0.15, -0.1) is 0 Å². The molecule has 1 amide bonds. The summed E-state index contributed by atoms with van der Waals surface area (Å²) < 4.78 is 0. The molecule has 2 aromatic rings. The number of primary amides is 1. The van der Waals surface area contributed by atoms with Gasteiger partial charge in [0.2, 0.25) is 5.91 Å². The maximum atomic E-state index is 11.5. The first-order valence-electron chi connectivity index (χ1n) is 8.10. The Morgan fingerprint density at radius 1 is 1.38 bits per heavy atom. The van der Waals surface area contributed by atoms with Crippen molar-refractivity contribution in [3.05, 3.63) is 53.3 Å². The maximum absolute atomic E-state index is 11.5. The van der Waals surface area contributed by atoms with Crippen LogP contribution in [0.4, 0.5) is 11.4 Å². The third kappa shape index (κ3) is 3.79. The predicted octanol–water partition coefficient (Wildman–Crippen LogP) is 3.05. The van der Waals surface area contributed by atoms with Gasteiger partial charge in [0, 0.05) is 37.7 Å². The van der Waals surface area contributed by atoms with Crippen LogP contribution < -0.4 is 16.0 Å². The second kappa shape index (κ2) is 7.53. The van der Waals surface area contributed by atoms with Gasteiger partial charge < -0.3 is 16.0 Å².